The van der Waals surface area contributed by atoms with Crippen LogP contribution in [0.1, 0.15) is 37.3 Å². The van der Waals surface area contributed by atoms with E-state index in [1.807, 2.05) is 12.1 Å². The minimum Gasteiger partial charge on any atom is -0.508 e. The average Bonchev–Trinajstić information content (AvgIpc) is 3.35. The van der Waals surface area contributed by atoms with E-state index < -0.39 is 0 Å². The van der Waals surface area contributed by atoms with Crippen molar-refractivity contribution in [3.8, 4) is 16.9 Å². The minimum absolute atomic E-state index is 0.302. The molecule has 1 N–H and O–H groups in total. The van der Waals surface area contributed by atoms with Crippen LogP contribution in [0.25, 0.3) is 27.7 Å². The second kappa shape index (κ2) is 8.29. The summed E-state index contributed by atoms with van der Waals surface area (Å²) in [5.74, 6) is 0.302. The van der Waals surface area contributed by atoms with Crippen molar-refractivity contribution in [3.63, 3.8) is 0 Å². The van der Waals surface area contributed by atoms with Gasteiger partial charge in [-0.15, -0.1) is 0 Å². The van der Waals surface area contributed by atoms with E-state index in [1.54, 1.807) is 12.1 Å². The van der Waals surface area contributed by atoms with Gasteiger partial charge in [-0.05, 0) is 73.8 Å². The first-order chi connectivity index (χ1) is 14.8. The summed E-state index contributed by atoms with van der Waals surface area (Å²) < 4.78 is 8.53. The fourth-order valence-corrected chi connectivity index (χ4v) is 5.01. The first kappa shape index (κ1) is 19.4. The number of aryl methyl sites for hydroxylation is 1. The van der Waals surface area contributed by atoms with Gasteiger partial charge >= 0.3 is 0 Å². The SMILES string of the molecule is CCc1c(-c2ccc(O)cc2)c2ccc3ccc(COCCN4CCCCC4)c1n32. The standard InChI is InChI=1S/C26H30N2O2/c1-2-23-25(19-7-11-22(29)12-8-19)24-13-10-21-9-6-20(26(23)28(21)24)18-30-17-16-27-14-4-3-5-15-27/h6-13,29H,2-5,14-18H2,1H3. The Kier molecular flexibility index (Phi) is 5.36. The molecule has 0 radical (unpaired) electrons. The normalized spacial score (nSPS) is 15.5. The van der Waals surface area contributed by atoms with Gasteiger partial charge in [0, 0.05) is 23.2 Å². The maximum atomic E-state index is 9.73. The van der Waals surface area contributed by atoms with Gasteiger partial charge in [0.1, 0.15) is 5.75 Å². The molecule has 5 rings (SSSR count). The largest absolute Gasteiger partial charge is 0.508 e. The summed E-state index contributed by atoms with van der Waals surface area (Å²) in [5.41, 5.74) is 8.78. The summed E-state index contributed by atoms with van der Waals surface area (Å²) in [6.07, 6.45) is 4.97. The fraction of sp³-hybridized carbons (Fsp3) is 0.385. The first-order valence-corrected chi connectivity index (χ1v) is 11.2. The number of likely N-dealkylation sites (tertiary alicyclic amines) is 1. The number of ether oxygens (including phenoxy) is 1. The molecule has 156 valence electrons. The van der Waals surface area contributed by atoms with E-state index in [0.29, 0.717) is 12.4 Å². The van der Waals surface area contributed by atoms with Crippen LogP contribution in [-0.4, -0.2) is 40.6 Å². The van der Waals surface area contributed by atoms with Crippen molar-refractivity contribution in [2.24, 2.45) is 0 Å². The molecule has 0 spiro atoms. The molecule has 30 heavy (non-hydrogen) atoms. The Morgan fingerprint density at radius 2 is 1.70 bits per heavy atom. The molecule has 4 nitrogen and oxygen atoms in total. The summed E-state index contributed by atoms with van der Waals surface area (Å²) in [6, 6.07) is 16.4. The Hall–Kier alpha value is -2.56. The van der Waals surface area contributed by atoms with Crippen LogP contribution >= 0.6 is 0 Å². The number of benzene rings is 1. The number of phenols is 1. The van der Waals surface area contributed by atoms with Crippen molar-refractivity contribution in [2.45, 2.75) is 39.2 Å². The Labute approximate surface area is 178 Å². The van der Waals surface area contributed by atoms with Crippen molar-refractivity contribution >= 4 is 16.6 Å². The molecule has 4 heteroatoms. The number of aromatic hydroxyl groups is 1. The van der Waals surface area contributed by atoms with Gasteiger partial charge in [0.15, 0.2) is 0 Å². The summed E-state index contributed by atoms with van der Waals surface area (Å²) in [6.45, 7) is 7.11. The highest BCUT2D eigenvalue weighted by molar-refractivity contribution is 5.96. The van der Waals surface area contributed by atoms with Gasteiger partial charge in [-0.3, -0.25) is 0 Å². The van der Waals surface area contributed by atoms with Crippen molar-refractivity contribution in [2.75, 3.05) is 26.2 Å². The third-order valence-electron chi connectivity index (χ3n) is 6.51. The molecular formula is C26H30N2O2. The molecule has 0 aliphatic carbocycles. The zero-order chi connectivity index (χ0) is 20.5. The number of hydrogen-bond donors (Lipinski definition) is 1. The highest BCUT2D eigenvalue weighted by atomic mass is 16.5. The Morgan fingerprint density at radius 3 is 2.47 bits per heavy atom. The molecule has 1 aliphatic heterocycles. The van der Waals surface area contributed by atoms with E-state index >= 15 is 0 Å². The molecule has 4 aromatic rings. The topological polar surface area (TPSA) is 37.1 Å². The number of rotatable bonds is 7. The molecule has 3 aromatic heterocycles. The van der Waals surface area contributed by atoms with E-state index in [0.717, 1.165) is 25.1 Å². The van der Waals surface area contributed by atoms with Crippen LogP contribution < -0.4 is 0 Å². The second-order valence-corrected chi connectivity index (χ2v) is 8.39. The molecule has 1 aliphatic rings. The third kappa shape index (κ3) is 3.44. The van der Waals surface area contributed by atoms with Crippen molar-refractivity contribution in [1.82, 2.24) is 9.30 Å². The zero-order valence-corrected chi connectivity index (χ0v) is 17.7. The monoisotopic (exact) mass is 402 g/mol. The Morgan fingerprint density at radius 1 is 0.933 bits per heavy atom. The van der Waals surface area contributed by atoms with Gasteiger partial charge in [-0.25, -0.2) is 0 Å². The molecule has 0 bridgehead atoms. The smallest absolute Gasteiger partial charge is 0.115 e. The van der Waals surface area contributed by atoms with Gasteiger partial charge in [0.05, 0.1) is 24.2 Å². The van der Waals surface area contributed by atoms with Crippen LogP contribution in [0, 0.1) is 0 Å². The second-order valence-electron chi connectivity index (χ2n) is 8.39. The number of piperidine rings is 1. The van der Waals surface area contributed by atoms with Crippen LogP contribution in [0.4, 0.5) is 0 Å². The maximum Gasteiger partial charge on any atom is 0.115 e. The van der Waals surface area contributed by atoms with Gasteiger partial charge < -0.3 is 19.1 Å². The van der Waals surface area contributed by atoms with E-state index in [4.69, 9.17) is 4.74 Å². The number of nitrogens with zero attached hydrogens (tertiary/aromatic N) is 2. The Balaban J connectivity index is 1.46. The molecule has 1 fully saturated rings. The van der Waals surface area contributed by atoms with Crippen molar-refractivity contribution < 1.29 is 9.84 Å². The molecule has 0 unspecified atom stereocenters. The number of aromatic nitrogens is 1. The highest BCUT2D eigenvalue weighted by Gasteiger charge is 2.20. The molecule has 1 saturated heterocycles. The molecular weight excluding hydrogens is 372 g/mol. The van der Waals surface area contributed by atoms with Gasteiger partial charge in [-0.2, -0.15) is 0 Å². The summed E-state index contributed by atoms with van der Waals surface area (Å²) in [4.78, 5) is 2.52. The van der Waals surface area contributed by atoms with Crippen LogP contribution in [0.2, 0.25) is 0 Å². The maximum absolute atomic E-state index is 9.73. The number of phenolic OH excluding ortho intramolecular Hbond substituents is 1. The van der Waals surface area contributed by atoms with Gasteiger partial charge in [-0.1, -0.05) is 31.5 Å². The van der Waals surface area contributed by atoms with Gasteiger partial charge in [0.25, 0.3) is 0 Å². The van der Waals surface area contributed by atoms with Crippen molar-refractivity contribution in [3.05, 3.63) is 59.7 Å². The molecule has 0 atom stereocenters. The first-order valence-electron chi connectivity index (χ1n) is 11.2. The molecule has 4 heterocycles. The molecule has 0 amide bonds. The lowest BCUT2D eigenvalue weighted by atomic mass is 9.98. The average molecular weight is 403 g/mol. The van der Waals surface area contributed by atoms with Crippen LogP contribution in [0.3, 0.4) is 0 Å². The van der Waals surface area contributed by atoms with Crippen molar-refractivity contribution in [1.29, 1.82) is 0 Å². The lowest BCUT2D eigenvalue weighted by Crippen LogP contribution is -2.32. The van der Waals surface area contributed by atoms with Gasteiger partial charge in [0.2, 0.25) is 0 Å². The zero-order valence-electron chi connectivity index (χ0n) is 17.7. The van der Waals surface area contributed by atoms with E-state index in [-0.39, 0.29) is 0 Å². The summed E-state index contributed by atoms with van der Waals surface area (Å²) in [5, 5.41) is 9.73. The lowest BCUT2D eigenvalue weighted by Gasteiger charge is -2.26. The third-order valence-corrected chi connectivity index (χ3v) is 6.51. The molecule has 0 saturated carbocycles. The predicted octanol–water partition coefficient (Wildman–Crippen LogP) is 5.47. The predicted molar refractivity (Wildman–Crippen MR) is 123 cm³/mol. The molecule has 1 aromatic carbocycles. The quantitative estimate of drug-likeness (QED) is 0.417. The minimum atomic E-state index is 0.302. The van der Waals surface area contributed by atoms with Crippen LogP contribution in [0.15, 0.2) is 48.5 Å². The highest BCUT2D eigenvalue weighted by Crippen LogP contribution is 2.39. The van der Waals surface area contributed by atoms with E-state index in [2.05, 4.69) is 40.5 Å². The van der Waals surface area contributed by atoms with Crippen LogP contribution in [0.5, 0.6) is 5.75 Å². The van der Waals surface area contributed by atoms with E-state index in [9.17, 15) is 5.11 Å². The fourth-order valence-electron chi connectivity index (χ4n) is 5.01. The number of hydrogen-bond acceptors (Lipinski definition) is 3. The number of pyridine rings is 1. The summed E-state index contributed by atoms with van der Waals surface area (Å²) >= 11 is 0. The Bertz CT molecular complexity index is 1120. The summed E-state index contributed by atoms with van der Waals surface area (Å²) in [7, 11) is 0. The van der Waals surface area contributed by atoms with Crippen LogP contribution in [-0.2, 0) is 17.8 Å². The lowest BCUT2D eigenvalue weighted by molar-refractivity contribution is 0.0868. The van der Waals surface area contributed by atoms with E-state index in [1.165, 1.54) is 65.6 Å².